The van der Waals surface area contributed by atoms with Gasteiger partial charge in [0, 0.05) is 23.8 Å². The predicted octanol–water partition coefficient (Wildman–Crippen LogP) is 2.99. The van der Waals surface area contributed by atoms with E-state index in [9.17, 15) is 13.2 Å². The van der Waals surface area contributed by atoms with E-state index in [1.54, 1.807) is 24.3 Å². The zero-order valence-corrected chi connectivity index (χ0v) is 19.3. The third kappa shape index (κ3) is 6.33. The van der Waals surface area contributed by atoms with E-state index in [-0.39, 0.29) is 23.8 Å². The van der Waals surface area contributed by atoms with Gasteiger partial charge < -0.3 is 5.32 Å². The van der Waals surface area contributed by atoms with Crippen molar-refractivity contribution in [2.24, 2.45) is 11.8 Å². The molecule has 1 N–H and O–H groups in total. The van der Waals surface area contributed by atoms with Gasteiger partial charge in [-0.05, 0) is 56.2 Å². The smallest absolute Gasteiger partial charge is 0.272 e. The quantitative estimate of drug-likeness (QED) is 0.437. The Labute approximate surface area is 189 Å². The van der Waals surface area contributed by atoms with Crippen LogP contribution < -0.4 is 5.32 Å². The zero-order chi connectivity index (χ0) is 21.6. The molecular weight excluding hydrogens is 447 g/mol. The van der Waals surface area contributed by atoms with Gasteiger partial charge in [0.2, 0.25) is 5.91 Å². The highest BCUT2D eigenvalue weighted by Gasteiger charge is 2.43. The molecule has 168 valence electrons. The molecule has 1 heterocycles. The maximum atomic E-state index is 12.5. The molecule has 2 aliphatic rings. The Morgan fingerprint density at radius 1 is 1.10 bits per heavy atom. The van der Waals surface area contributed by atoms with Crippen molar-refractivity contribution in [1.29, 1.82) is 0 Å². The van der Waals surface area contributed by atoms with Gasteiger partial charge in [0.15, 0.2) is 0 Å². The summed E-state index contributed by atoms with van der Waals surface area (Å²) in [6.45, 7) is 1.46. The van der Waals surface area contributed by atoms with Crippen LogP contribution in [0.1, 0.15) is 31.2 Å². The van der Waals surface area contributed by atoms with E-state index in [1.807, 2.05) is 6.07 Å². The first-order chi connectivity index (χ1) is 14.4. The Bertz CT molecular complexity index is 787. The number of nitrogens with zero attached hydrogens (tertiary/aromatic N) is 1. The largest absolute Gasteiger partial charge is 0.350 e. The van der Waals surface area contributed by atoms with Crippen molar-refractivity contribution in [3.8, 4) is 0 Å². The minimum atomic E-state index is -3.84. The minimum absolute atomic E-state index is 0.0840. The average Bonchev–Trinajstić information content (AvgIpc) is 3.26. The number of carbonyl (C=O) groups is 1. The Balaban J connectivity index is 1.59. The van der Waals surface area contributed by atoms with Crippen molar-refractivity contribution < 1.29 is 17.4 Å². The number of hydrogen-bond acceptors (Lipinski definition) is 5. The number of amides is 1. The Morgan fingerprint density at radius 2 is 1.80 bits per heavy atom. The normalized spacial score (nSPS) is 27.8. The first-order valence-electron chi connectivity index (χ1n) is 10.5. The lowest BCUT2D eigenvalue weighted by Gasteiger charge is -2.46. The molecule has 2 fully saturated rings. The Morgan fingerprint density at radius 3 is 2.43 bits per heavy atom. The number of carbonyl (C=O) groups excluding carboxylic acids is 1. The molecule has 1 saturated carbocycles. The summed E-state index contributed by atoms with van der Waals surface area (Å²) < 4.78 is 29.4. The molecule has 1 saturated heterocycles. The number of rotatable bonds is 9. The van der Waals surface area contributed by atoms with Gasteiger partial charge >= 0.3 is 0 Å². The molecule has 0 bridgehead atoms. The highest BCUT2D eigenvalue weighted by molar-refractivity contribution is 7.85. The number of hydrogen-bond donors (Lipinski definition) is 1. The lowest BCUT2D eigenvalue weighted by atomic mass is 9.74. The van der Waals surface area contributed by atoms with E-state index in [0.717, 1.165) is 38.8 Å². The monoisotopic (exact) mass is 476 g/mol. The van der Waals surface area contributed by atoms with E-state index in [2.05, 4.69) is 10.2 Å². The fourth-order valence-electron chi connectivity index (χ4n) is 4.70. The molecule has 1 aliphatic carbocycles. The van der Waals surface area contributed by atoms with Gasteiger partial charge in [-0.3, -0.25) is 13.9 Å². The first kappa shape index (κ1) is 23.8. The summed E-state index contributed by atoms with van der Waals surface area (Å²) in [6.07, 6.45) is 3.97. The number of alkyl halides is 2. The Kier molecular flexibility index (Phi) is 8.83. The minimum Gasteiger partial charge on any atom is -0.350 e. The summed E-state index contributed by atoms with van der Waals surface area (Å²) in [6, 6.07) is 8.80. The van der Waals surface area contributed by atoms with Crippen molar-refractivity contribution in [2.75, 3.05) is 31.5 Å². The molecule has 3 rings (SSSR count). The molecule has 1 aromatic carbocycles. The summed E-state index contributed by atoms with van der Waals surface area (Å²) in [4.78, 5) is 14.9. The zero-order valence-electron chi connectivity index (χ0n) is 17.0. The fourth-order valence-corrected chi connectivity index (χ4v) is 6.49. The van der Waals surface area contributed by atoms with Gasteiger partial charge in [-0.25, -0.2) is 0 Å². The van der Waals surface area contributed by atoms with E-state index < -0.39 is 22.6 Å². The van der Waals surface area contributed by atoms with Crippen LogP contribution in [-0.2, 0) is 24.8 Å². The van der Waals surface area contributed by atoms with Crippen LogP contribution in [-0.4, -0.2) is 62.8 Å². The van der Waals surface area contributed by atoms with E-state index in [1.165, 1.54) is 0 Å². The van der Waals surface area contributed by atoms with Crippen LogP contribution in [0.3, 0.4) is 0 Å². The molecule has 6 nitrogen and oxygen atoms in total. The van der Waals surface area contributed by atoms with Gasteiger partial charge in [0.05, 0.1) is 0 Å². The molecule has 30 heavy (non-hydrogen) atoms. The molecule has 4 unspecified atom stereocenters. The maximum Gasteiger partial charge on any atom is 0.272 e. The van der Waals surface area contributed by atoms with Crippen LogP contribution in [0, 0.1) is 11.8 Å². The van der Waals surface area contributed by atoms with Gasteiger partial charge in [0.1, 0.15) is 12.4 Å². The van der Waals surface area contributed by atoms with Crippen LogP contribution in [0.15, 0.2) is 30.3 Å². The highest BCUT2D eigenvalue weighted by atomic mass is 35.5. The summed E-state index contributed by atoms with van der Waals surface area (Å²) >= 11 is 12.5. The van der Waals surface area contributed by atoms with Crippen molar-refractivity contribution in [1.82, 2.24) is 10.2 Å². The second kappa shape index (κ2) is 11.1. The van der Waals surface area contributed by atoms with Gasteiger partial charge in [0.25, 0.3) is 10.1 Å². The third-order valence-corrected chi connectivity index (χ3v) is 8.06. The third-order valence-electron chi connectivity index (χ3n) is 6.15. The lowest BCUT2D eigenvalue weighted by Crippen LogP contribution is -2.59. The van der Waals surface area contributed by atoms with Gasteiger partial charge in [-0.15, -0.1) is 23.2 Å². The number of benzene rings is 1. The van der Waals surface area contributed by atoms with Crippen LogP contribution in [0.25, 0.3) is 0 Å². The van der Waals surface area contributed by atoms with Crippen molar-refractivity contribution >= 4 is 39.2 Å². The highest BCUT2D eigenvalue weighted by Crippen LogP contribution is 2.36. The van der Waals surface area contributed by atoms with Crippen LogP contribution in [0.4, 0.5) is 0 Å². The molecule has 1 aromatic rings. The van der Waals surface area contributed by atoms with Gasteiger partial charge in [-0.2, -0.15) is 8.42 Å². The molecule has 1 aliphatic heterocycles. The summed E-state index contributed by atoms with van der Waals surface area (Å²) in [7, 11) is -3.84. The van der Waals surface area contributed by atoms with Crippen LogP contribution >= 0.6 is 23.2 Å². The van der Waals surface area contributed by atoms with E-state index in [4.69, 9.17) is 27.4 Å². The summed E-state index contributed by atoms with van der Waals surface area (Å²) in [5, 5.41) is 3.02. The molecule has 1 amide bonds. The lowest BCUT2D eigenvalue weighted by molar-refractivity contribution is -0.124. The first-order valence-corrected chi connectivity index (χ1v) is 13.1. The van der Waals surface area contributed by atoms with Crippen LogP contribution in [0.2, 0.25) is 0 Å². The predicted molar refractivity (Wildman–Crippen MR) is 119 cm³/mol. The topological polar surface area (TPSA) is 75.7 Å². The summed E-state index contributed by atoms with van der Waals surface area (Å²) in [5.74, 6) is 0.899. The maximum absolute atomic E-state index is 12.5. The average molecular weight is 477 g/mol. The SMILES string of the molecule is O=C(COS(=O)(=O)Cc1ccccc1)NC1CCC(CCl)C(CCl)C1N1CCCC1. The second-order valence-electron chi connectivity index (χ2n) is 8.17. The van der Waals surface area contributed by atoms with E-state index in [0.29, 0.717) is 23.2 Å². The fraction of sp³-hybridized carbons (Fsp3) is 0.667. The van der Waals surface area contributed by atoms with Gasteiger partial charge in [-0.1, -0.05) is 30.3 Å². The summed E-state index contributed by atoms with van der Waals surface area (Å²) in [5.41, 5.74) is 0.622. The molecular formula is C21H30Cl2N2O4S. The number of halogens is 2. The second-order valence-corrected chi connectivity index (χ2v) is 10.4. The molecule has 0 radical (unpaired) electrons. The van der Waals surface area contributed by atoms with Crippen molar-refractivity contribution in [3.63, 3.8) is 0 Å². The standard InChI is InChI=1S/C21H30Cl2N2O4S/c22-12-17-8-9-19(21(18(17)13-23)25-10-4-5-11-25)24-20(26)14-29-30(27,28)15-16-6-2-1-3-7-16/h1-3,6-7,17-19,21H,4-5,8-15H2,(H,24,26). The number of likely N-dealkylation sites (tertiary alicyclic amines) is 1. The molecule has 0 aromatic heterocycles. The molecule has 0 spiro atoms. The van der Waals surface area contributed by atoms with Crippen LogP contribution in [0.5, 0.6) is 0 Å². The van der Waals surface area contributed by atoms with E-state index >= 15 is 0 Å². The Hall–Kier alpha value is -0.860. The molecule has 9 heteroatoms. The number of nitrogens with one attached hydrogen (secondary N) is 1. The van der Waals surface area contributed by atoms with Crippen molar-refractivity contribution in [2.45, 2.75) is 43.5 Å². The molecule has 4 atom stereocenters. The van der Waals surface area contributed by atoms with Crippen molar-refractivity contribution in [3.05, 3.63) is 35.9 Å².